The zero-order valence-corrected chi connectivity index (χ0v) is 12.4. The van der Waals surface area contributed by atoms with Gasteiger partial charge in [0.2, 0.25) is 0 Å². The highest BCUT2D eigenvalue weighted by Crippen LogP contribution is 2.16. The van der Waals surface area contributed by atoms with Crippen molar-refractivity contribution in [3.63, 3.8) is 0 Å². The van der Waals surface area contributed by atoms with Crippen molar-refractivity contribution in [3.05, 3.63) is 29.3 Å². The second kappa shape index (κ2) is 7.51. The van der Waals surface area contributed by atoms with Crippen molar-refractivity contribution in [1.29, 1.82) is 0 Å². The predicted octanol–water partition coefficient (Wildman–Crippen LogP) is -0.0757. The molecule has 1 fully saturated rings. The molecule has 3 heteroatoms. The molecule has 0 aromatic heterocycles. The first-order chi connectivity index (χ1) is 9.25. The van der Waals surface area contributed by atoms with Crippen molar-refractivity contribution < 1.29 is 15.0 Å². The monoisotopic (exact) mass is 264 g/mol. The van der Waals surface area contributed by atoms with Gasteiger partial charge in [-0.2, -0.15) is 0 Å². The van der Waals surface area contributed by atoms with Crippen LogP contribution in [0, 0.1) is 13.8 Å². The van der Waals surface area contributed by atoms with Crippen molar-refractivity contribution in [2.45, 2.75) is 26.7 Å². The molecule has 0 radical (unpaired) electrons. The highest BCUT2D eigenvalue weighted by molar-refractivity contribution is 5.33. The van der Waals surface area contributed by atoms with Gasteiger partial charge < -0.3 is 15.0 Å². The predicted molar refractivity (Wildman–Crippen MR) is 77.9 cm³/mol. The van der Waals surface area contributed by atoms with Crippen LogP contribution < -0.4 is 15.0 Å². The molecule has 0 bridgehead atoms. The largest absolute Gasteiger partial charge is 0.494 e. The van der Waals surface area contributed by atoms with Crippen LogP contribution in [-0.2, 0) is 0 Å². The third-order valence-corrected chi connectivity index (χ3v) is 4.08. The van der Waals surface area contributed by atoms with Gasteiger partial charge in [0.15, 0.2) is 0 Å². The minimum atomic E-state index is 0.849. The summed E-state index contributed by atoms with van der Waals surface area (Å²) in [4.78, 5) is 1.77. The molecule has 1 aromatic rings. The highest BCUT2D eigenvalue weighted by Gasteiger charge is 2.14. The number of benzene rings is 1. The second-order valence-electron chi connectivity index (χ2n) is 5.67. The number of nitrogens with one attached hydrogen (secondary N) is 1. The molecule has 1 heterocycles. The average molecular weight is 264 g/mol. The number of hydrogen-bond donors (Lipinski definition) is 2. The molecule has 3 nitrogen and oxygen atoms in total. The number of ether oxygens (including phenoxy) is 1. The Bertz CT molecular complexity index is 386. The van der Waals surface area contributed by atoms with E-state index in [-0.39, 0.29) is 0 Å². The maximum Gasteiger partial charge on any atom is 0.127 e. The van der Waals surface area contributed by atoms with Crippen molar-refractivity contribution in [3.8, 4) is 5.75 Å². The van der Waals surface area contributed by atoms with Gasteiger partial charge in [-0.25, -0.2) is 0 Å². The molecular formula is C16H28N2O+2. The zero-order chi connectivity index (χ0) is 13.5. The number of nitrogens with two attached hydrogens (primary N) is 1. The van der Waals surface area contributed by atoms with E-state index in [1.807, 2.05) is 0 Å². The van der Waals surface area contributed by atoms with Gasteiger partial charge in [0.25, 0.3) is 0 Å². The van der Waals surface area contributed by atoms with E-state index >= 15 is 0 Å². The van der Waals surface area contributed by atoms with Gasteiger partial charge >= 0.3 is 0 Å². The summed E-state index contributed by atoms with van der Waals surface area (Å²) < 4.78 is 5.82. The Hall–Kier alpha value is -1.06. The summed E-state index contributed by atoms with van der Waals surface area (Å²) in [6.07, 6.45) is 2.44. The fraction of sp³-hybridized carbons (Fsp3) is 0.625. The van der Waals surface area contributed by atoms with Crippen molar-refractivity contribution >= 4 is 0 Å². The van der Waals surface area contributed by atoms with Crippen LogP contribution in [0.5, 0.6) is 5.75 Å². The molecule has 0 atom stereocenters. The topological polar surface area (TPSA) is 30.3 Å². The SMILES string of the molecule is Cc1ccc(OCCCC[NH+]2CC[NH2+]CC2)cc1C. The number of piperazine rings is 1. The Balaban J connectivity index is 1.59. The summed E-state index contributed by atoms with van der Waals surface area (Å²) in [6.45, 7) is 11.7. The third-order valence-electron chi connectivity index (χ3n) is 4.08. The number of hydrogen-bond acceptors (Lipinski definition) is 1. The van der Waals surface area contributed by atoms with Crippen molar-refractivity contribution in [2.24, 2.45) is 0 Å². The molecule has 0 amide bonds. The van der Waals surface area contributed by atoms with Crippen LogP contribution in [-0.4, -0.2) is 39.3 Å². The Labute approximate surface area is 116 Å². The summed E-state index contributed by atoms with van der Waals surface area (Å²) >= 11 is 0. The number of rotatable bonds is 6. The van der Waals surface area contributed by atoms with Crippen LogP contribution in [0.4, 0.5) is 0 Å². The molecule has 0 unspecified atom stereocenters. The molecule has 0 aliphatic carbocycles. The highest BCUT2D eigenvalue weighted by atomic mass is 16.5. The van der Waals surface area contributed by atoms with Crippen LogP contribution in [0.3, 0.4) is 0 Å². The van der Waals surface area contributed by atoms with Gasteiger partial charge in [-0.05, 0) is 49.9 Å². The van der Waals surface area contributed by atoms with E-state index < -0.39 is 0 Å². The van der Waals surface area contributed by atoms with Crippen LogP contribution in [0.15, 0.2) is 18.2 Å². The third kappa shape index (κ3) is 4.84. The average Bonchev–Trinajstić information content (AvgIpc) is 2.43. The van der Waals surface area contributed by atoms with E-state index in [9.17, 15) is 0 Å². The van der Waals surface area contributed by atoms with Crippen molar-refractivity contribution in [1.82, 2.24) is 0 Å². The molecule has 19 heavy (non-hydrogen) atoms. The fourth-order valence-electron chi connectivity index (χ4n) is 2.60. The number of aryl methyl sites for hydroxylation is 2. The molecule has 1 aliphatic rings. The molecule has 0 saturated carbocycles. The summed E-state index contributed by atoms with van der Waals surface area (Å²) in [6, 6.07) is 6.36. The van der Waals surface area contributed by atoms with Gasteiger partial charge in [-0.3, -0.25) is 0 Å². The van der Waals surface area contributed by atoms with E-state index in [1.165, 1.54) is 56.7 Å². The molecule has 2 rings (SSSR count). The lowest BCUT2D eigenvalue weighted by Crippen LogP contribution is -3.20. The summed E-state index contributed by atoms with van der Waals surface area (Å²) in [5.74, 6) is 1.02. The standard InChI is InChI=1S/C16H26N2O/c1-14-5-6-16(13-15(14)2)19-12-4-3-9-18-10-7-17-8-11-18/h5-6,13,17H,3-4,7-12H2,1-2H3/p+2. The Morgan fingerprint density at radius 1 is 1.11 bits per heavy atom. The molecule has 3 N–H and O–H groups in total. The lowest BCUT2D eigenvalue weighted by molar-refractivity contribution is -0.946. The number of unbranched alkanes of at least 4 members (excludes halogenated alkanes) is 1. The Morgan fingerprint density at radius 2 is 1.89 bits per heavy atom. The summed E-state index contributed by atoms with van der Waals surface area (Å²) in [5.41, 5.74) is 2.64. The fourth-order valence-corrected chi connectivity index (χ4v) is 2.60. The molecule has 1 saturated heterocycles. The minimum absolute atomic E-state index is 0.849. The van der Waals surface area contributed by atoms with Crippen LogP contribution >= 0.6 is 0 Å². The molecule has 1 aromatic carbocycles. The first kappa shape index (κ1) is 14.4. The van der Waals surface area contributed by atoms with E-state index in [0.717, 1.165) is 12.4 Å². The summed E-state index contributed by atoms with van der Waals surface area (Å²) in [5, 5.41) is 2.42. The molecule has 106 valence electrons. The maximum atomic E-state index is 5.82. The van der Waals surface area contributed by atoms with Crippen LogP contribution in [0.25, 0.3) is 0 Å². The van der Waals surface area contributed by atoms with Gasteiger partial charge in [-0.1, -0.05) is 6.07 Å². The maximum absolute atomic E-state index is 5.82. The zero-order valence-electron chi connectivity index (χ0n) is 12.4. The van der Waals surface area contributed by atoms with Crippen LogP contribution in [0.1, 0.15) is 24.0 Å². The first-order valence-electron chi connectivity index (χ1n) is 7.61. The van der Waals surface area contributed by atoms with Gasteiger partial charge in [0.1, 0.15) is 31.9 Å². The normalized spacial score (nSPS) is 16.5. The van der Waals surface area contributed by atoms with E-state index in [0.29, 0.717) is 0 Å². The molecule has 1 aliphatic heterocycles. The summed E-state index contributed by atoms with van der Waals surface area (Å²) in [7, 11) is 0. The van der Waals surface area contributed by atoms with Crippen molar-refractivity contribution in [2.75, 3.05) is 39.3 Å². The van der Waals surface area contributed by atoms with E-state index in [1.54, 1.807) is 4.90 Å². The van der Waals surface area contributed by atoms with Gasteiger partial charge in [-0.15, -0.1) is 0 Å². The number of quaternary nitrogens is 2. The van der Waals surface area contributed by atoms with Gasteiger partial charge in [0, 0.05) is 0 Å². The van der Waals surface area contributed by atoms with E-state index in [4.69, 9.17) is 4.74 Å². The Kier molecular flexibility index (Phi) is 5.67. The van der Waals surface area contributed by atoms with Crippen LogP contribution in [0.2, 0.25) is 0 Å². The lowest BCUT2D eigenvalue weighted by atomic mass is 10.1. The molecule has 0 spiro atoms. The Morgan fingerprint density at radius 3 is 2.63 bits per heavy atom. The molecular weight excluding hydrogens is 236 g/mol. The lowest BCUT2D eigenvalue weighted by Gasteiger charge is -2.22. The van der Waals surface area contributed by atoms with Gasteiger partial charge in [0.05, 0.1) is 13.2 Å². The minimum Gasteiger partial charge on any atom is -0.494 e. The van der Waals surface area contributed by atoms with E-state index in [2.05, 4.69) is 37.4 Å². The second-order valence-corrected chi connectivity index (χ2v) is 5.67. The quantitative estimate of drug-likeness (QED) is 0.692. The first-order valence-corrected chi connectivity index (χ1v) is 7.61. The smallest absolute Gasteiger partial charge is 0.127 e.